The number of aryl methyl sites for hydroxylation is 2. The lowest BCUT2D eigenvalue weighted by Crippen LogP contribution is -2.16. The fourth-order valence-corrected chi connectivity index (χ4v) is 3.97. The van der Waals surface area contributed by atoms with E-state index in [0.717, 1.165) is 11.1 Å². The second kappa shape index (κ2) is 8.04. The molecule has 0 radical (unpaired) electrons. The van der Waals surface area contributed by atoms with Crippen molar-refractivity contribution in [1.29, 1.82) is 0 Å². The van der Waals surface area contributed by atoms with Crippen LogP contribution >= 0.6 is 11.6 Å². The molecule has 0 aliphatic rings. The fourth-order valence-electron chi connectivity index (χ4n) is 2.62. The minimum atomic E-state index is -3.83. The van der Waals surface area contributed by atoms with Crippen molar-refractivity contribution in [2.24, 2.45) is 0 Å². The highest BCUT2D eigenvalue weighted by molar-refractivity contribution is 7.92. The van der Waals surface area contributed by atoms with Gasteiger partial charge in [-0.1, -0.05) is 41.9 Å². The molecule has 1 amide bonds. The summed E-state index contributed by atoms with van der Waals surface area (Å²) in [5.41, 5.74) is 2.95. The number of halogens is 1. The molecule has 7 heteroatoms. The third-order valence-electron chi connectivity index (χ3n) is 4.24. The van der Waals surface area contributed by atoms with Crippen LogP contribution in [-0.4, -0.2) is 14.3 Å². The summed E-state index contributed by atoms with van der Waals surface area (Å²) in [6, 6.07) is 18.1. The topological polar surface area (TPSA) is 75.3 Å². The van der Waals surface area contributed by atoms with Crippen molar-refractivity contribution < 1.29 is 13.2 Å². The lowest BCUT2D eigenvalue weighted by Gasteiger charge is -2.12. The number of benzene rings is 3. The van der Waals surface area contributed by atoms with Gasteiger partial charge in [0.15, 0.2) is 0 Å². The molecule has 0 unspecified atom stereocenters. The molecule has 0 atom stereocenters. The highest BCUT2D eigenvalue weighted by atomic mass is 35.5. The Hall–Kier alpha value is -2.83. The van der Waals surface area contributed by atoms with Crippen LogP contribution in [0.3, 0.4) is 0 Å². The molecule has 3 aromatic rings. The van der Waals surface area contributed by atoms with E-state index in [0.29, 0.717) is 16.4 Å². The van der Waals surface area contributed by atoms with Crippen LogP contribution in [0.15, 0.2) is 71.6 Å². The summed E-state index contributed by atoms with van der Waals surface area (Å²) in [6.45, 7) is 3.66. The number of rotatable bonds is 5. The van der Waals surface area contributed by atoms with Gasteiger partial charge in [-0.15, -0.1) is 0 Å². The molecule has 0 saturated carbocycles. The number of nitrogens with one attached hydrogen (secondary N) is 2. The minimum absolute atomic E-state index is 0.00576. The average Bonchev–Trinajstić information content (AvgIpc) is 2.66. The Bertz CT molecular complexity index is 1140. The summed E-state index contributed by atoms with van der Waals surface area (Å²) in [7, 11) is -3.83. The number of hydrogen-bond acceptors (Lipinski definition) is 3. The predicted molar refractivity (Wildman–Crippen MR) is 113 cm³/mol. The van der Waals surface area contributed by atoms with E-state index in [4.69, 9.17) is 11.6 Å². The smallest absolute Gasteiger partial charge is 0.261 e. The van der Waals surface area contributed by atoms with E-state index in [1.165, 1.54) is 18.2 Å². The van der Waals surface area contributed by atoms with Gasteiger partial charge in [-0.05, 0) is 61.4 Å². The van der Waals surface area contributed by atoms with E-state index in [9.17, 15) is 13.2 Å². The third kappa shape index (κ3) is 4.52. The van der Waals surface area contributed by atoms with Gasteiger partial charge >= 0.3 is 0 Å². The van der Waals surface area contributed by atoms with E-state index in [2.05, 4.69) is 10.0 Å². The standard InChI is InChI=1S/C21H19ClN2O3S/c1-14-6-3-4-9-19(14)24-28(26,27)18-8-5-7-16(12-18)21(25)23-20-13-17(22)11-10-15(20)2/h3-13,24H,1-2H3,(H,23,25). The van der Waals surface area contributed by atoms with Gasteiger partial charge in [-0.3, -0.25) is 9.52 Å². The van der Waals surface area contributed by atoms with Gasteiger partial charge in [0.05, 0.1) is 10.6 Å². The molecule has 28 heavy (non-hydrogen) atoms. The molecule has 2 N–H and O–H groups in total. The van der Waals surface area contributed by atoms with Gasteiger partial charge in [0.25, 0.3) is 15.9 Å². The number of hydrogen-bond donors (Lipinski definition) is 2. The Kier molecular flexibility index (Phi) is 5.72. The number of anilines is 2. The number of amides is 1. The van der Waals surface area contributed by atoms with Crippen LogP contribution in [0.25, 0.3) is 0 Å². The van der Waals surface area contributed by atoms with Crippen LogP contribution in [0.4, 0.5) is 11.4 Å². The summed E-state index contributed by atoms with van der Waals surface area (Å²) >= 11 is 5.98. The molecule has 3 aromatic carbocycles. The largest absolute Gasteiger partial charge is 0.322 e. The summed E-state index contributed by atoms with van der Waals surface area (Å²) in [5, 5.41) is 3.27. The lowest BCUT2D eigenvalue weighted by atomic mass is 10.1. The first-order valence-electron chi connectivity index (χ1n) is 8.52. The zero-order valence-electron chi connectivity index (χ0n) is 15.4. The Balaban J connectivity index is 1.86. The zero-order valence-corrected chi connectivity index (χ0v) is 16.9. The summed E-state index contributed by atoms with van der Waals surface area (Å²) in [6.07, 6.45) is 0. The molecule has 5 nitrogen and oxygen atoms in total. The quantitative estimate of drug-likeness (QED) is 0.616. The molecule has 0 heterocycles. The van der Waals surface area contributed by atoms with Gasteiger partial charge in [0.2, 0.25) is 0 Å². The van der Waals surface area contributed by atoms with Crippen LogP contribution in [-0.2, 0) is 10.0 Å². The normalized spacial score (nSPS) is 11.1. The molecule has 0 saturated heterocycles. The molecule has 0 aromatic heterocycles. The molecule has 0 fully saturated rings. The second-order valence-corrected chi connectivity index (χ2v) is 8.48. The Morgan fingerprint density at radius 2 is 1.57 bits per heavy atom. The highest BCUT2D eigenvalue weighted by Crippen LogP contribution is 2.23. The number of para-hydroxylation sites is 1. The van der Waals surface area contributed by atoms with Crippen molar-refractivity contribution in [3.8, 4) is 0 Å². The maximum atomic E-state index is 12.7. The first kappa shape index (κ1) is 19.9. The SMILES string of the molecule is Cc1ccc(Cl)cc1NC(=O)c1cccc(S(=O)(=O)Nc2ccccc2C)c1. The average molecular weight is 415 g/mol. The van der Waals surface area contributed by atoms with Crippen LogP contribution in [0.2, 0.25) is 5.02 Å². The van der Waals surface area contributed by atoms with E-state index >= 15 is 0 Å². The van der Waals surface area contributed by atoms with E-state index in [1.54, 1.807) is 36.4 Å². The fraction of sp³-hybridized carbons (Fsp3) is 0.0952. The van der Waals surface area contributed by atoms with Crippen LogP contribution in [0.5, 0.6) is 0 Å². The zero-order chi connectivity index (χ0) is 20.3. The molecule has 0 spiro atoms. The van der Waals surface area contributed by atoms with Crippen molar-refractivity contribution in [2.45, 2.75) is 18.7 Å². The van der Waals surface area contributed by atoms with Crippen LogP contribution in [0.1, 0.15) is 21.5 Å². The van der Waals surface area contributed by atoms with Gasteiger partial charge in [-0.25, -0.2) is 8.42 Å². The first-order chi connectivity index (χ1) is 13.3. The van der Waals surface area contributed by atoms with E-state index < -0.39 is 15.9 Å². The second-order valence-electron chi connectivity index (χ2n) is 6.36. The van der Waals surface area contributed by atoms with E-state index in [-0.39, 0.29) is 10.5 Å². The van der Waals surface area contributed by atoms with Gasteiger partial charge < -0.3 is 5.32 Å². The molecular formula is C21H19ClN2O3S. The highest BCUT2D eigenvalue weighted by Gasteiger charge is 2.17. The van der Waals surface area contributed by atoms with Gasteiger partial charge in [-0.2, -0.15) is 0 Å². The van der Waals surface area contributed by atoms with Crippen molar-refractivity contribution in [3.63, 3.8) is 0 Å². The number of sulfonamides is 1. The lowest BCUT2D eigenvalue weighted by molar-refractivity contribution is 0.102. The van der Waals surface area contributed by atoms with Gasteiger partial charge in [0.1, 0.15) is 0 Å². The van der Waals surface area contributed by atoms with Crippen LogP contribution in [0, 0.1) is 13.8 Å². The third-order valence-corrected chi connectivity index (χ3v) is 5.84. The predicted octanol–water partition coefficient (Wildman–Crippen LogP) is 5.01. The molecule has 0 aliphatic heterocycles. The number of carbonyl (C=O) groups excluding carboxylic acids is 1. The van der Waals surface area contributed by atoms with Crippen molar-refractivity contribution in [1.82, 2.24) is 0 Å². The molecule has 3 rings (SSSR count). The van der Waals surface area contributed by atoms with E-state index in [1.807, 2.05) is 26.0 Å². The minimum Gasteiger partial charge on any atom is -0.322 e. The molecule has 0 aliphatic carbocycles. The Morgan fingerprint density at radius 1 is 0.857 bits per heavy atom. The summed E-state index contributed by atoms with van der Waals surface area (Å²) in [4.78, 5) is 12.6. The van der Waals surface area contributed by atoms with Crippen molar-refractivity contribution in [3.05, 3.63) is 88.4 Å². The molecule has 0 bridgehead atoms. The summed E-state index contributed by atoms with van der Waals surface area (Å²) < 4.78 is 28.0. The van der Waals surface area contributed by atoms with Gasteiger partial charge in [0, 0.05) is 16.3 Å². The first-order valence-corrected chi connectivity index (χ1v) is 10.4. The Labute approximate surface area is 169 Å². The Morgan fingerprint density at radius 3 is 2.32 bits per heavy atom. The maximum Gasteiger partial charge on any atom is 0.261 e. The number of carbonyl (C=O) groups is 1. The van der Waals surface area contributed by atoms with Crippen molar-refractivity contribution >= 4 is 38.9 Å². The maximum absolute atomic E-state index is 12.7. The monoisotopic (exact) mass is 414 g/mol. The molecule has 144 valence electrons. The summed E-state index contributed by atoms with van der Waals surface area (Å²) in [5.74, 6) is -0.418. The molecular weight excluding hydrogens is 396 g/mol. The van der Waals surface area contributed by atoms with Crippen molar-refractivity contribution in [2.75, 3.05) is 10.0 Å². The van der Waals surface area contributed by atoms with Crippen LogP contribution < -0.4 is 10.0 Å².